The van der Waals surface area contributed by atoms with Gasteiger partial charge in [0.25, 0.3) is 0 Å². The quantitative estimate of drug-likeness (QED) is 0.859. The second kappa shape index (κ2) is 4.97. The lowest BCUT2D eigenvalue weighted by molar-refractivity contribution is 0.356. The van der Waals surface area contributed by atoms with Crippen LogP contribution < -0.4 is 15.2 Å². The first kappa shape index (κ1) is 13.2. The van der Waals surface area contributed by atoms with Crippen molar-refractivity contribution in [1.29, 1.82) is 0 Å². The predicted molar refractivity (Wildman–Crippen MR) is 68.2 cm³/mol. The summed E-state index contributed by atoms with van der Waals surface area (Å²) >= 11 is 0. The summed E-state index contributed by atoms with van der Waals surface area (Å²) in [6.45, 7) is 0. The Kier molecular flexibility index (Phi) is 3.85. The van der Waals surface area contributed by atoms with Gasteiger partial charge in [-0.1, -0.05) is 0 Å². The predicted octanol–water partition coefficient (Wildman–Crippen LogP) is 1.96. The number of nitrogen functional groups attached to an aromatic ring is 1. The molecule has 2 aromatic rings. The van der Waals surface area contributed by atoms with Crippen LogP contribution in [0.5, 0.6) is 17.2 Å². The average molecular weight is 257 g/mol. The molecule has 6 heteroatoms. The second-order valence-electron chi connectivity index (χ2n) is 3.28. The topological polar surface area (TPSA) is 77.6 Å². The van der Waals surface area contributed by atoms with E-state index in [1.165, 1.54) is 13.3 Å². The summed E-state index contributed by atoms with van der Waals surface area (Å²) in [4.78, 5) is 4.06. The number of benzene rings is 1. The van der Waals surface area contributed by atoms with Crippen LogP contribution in [-0.4, -0.2) is 24.3 Å². The van der Waals surface area contributed by atoms with Crippen molar-refractivity contribution >= 4 is 29.0 Å². The van der Waals surface area contributed by atoms with E-state index in [-0.39, 0.29) is 23.8 Å². The lowest BCUT2D eigenvalue weighted by Crippen LogP contribution is -1.94. The van der Waals surface area contributed by atoms with Crippen LogP contribution in [-0.2, 0) is 0 Å². The number of aromatic hydroxyl groups is 1. The highest BCUT2D eigenvalue weighted by atomic mass is 35.5. The van der Waals surface area contributed by atoms with Crippen LogP contribution in [0.25, 0.3) is 10.9 Å². The van der Waals surface area contributed by atoms with Crippen molar-refractivity contribution < 1.29 is 14.6 Å². The third-order valence-corrected chi connectivity index (χ3v) is 2.39. The Balaban J connectivity index is 0.00000144. The number of ether oxygens (including phenoxy) is 2. The number of nitrogens with two attached hydrogens (primary N) is 1. The van der Waals surface area contributed by atoms with E-state index in [0.29, 0.717) is 22.4 Å². The number of hydrogen-bond acceptors (Lipinski definition) is 5. The molecule has 1 aromatic carbocycles. The van der Waals surface area contributed by atoms with E-state index in [0.717, 1.165) is 0 Å². The lowest BCUT2D eigenvalue weighted by Gasteiger charge is -2.10. The summed E-state index contributed by atoms with van der Waals surface area (Å²) in [7, 11) is 3.09. The molecular weight excluding hydrogens is 244 g/mol. The van der Waals surface area contributed by atoms with Gasteiger partial charge in [0.15, 0.2) is 17.2 Å². The minimum Gasteiger partial charge on any atom is -0.504 e. The van der Waals surface area contributed by atoms with Gasteiger partial charge in [0.1, 0.15) is 0 Å². The lowest BCUT2D eigenvalue weighted by atomic mass is 10.1. The van der Waals surface area contributed by atoms with Crippen LogP contribution in [0.1, 0.15) is 0 Å². The minimum absolute atomic E-state index is 0. The second-order valence-corrected chi connectivity index (χ2v) is 3.28. The van der Waals surface area contributed by atoms with Crippen LogP contribution in [0, 0.1) is 0 Å². The van der Waals surface area contributed by atoms with Crippen LogP contribution in [0.3, 0.4) is 0 Å². The Morgan fingerprint density at radius 1 is 1.18 bits per heavy atom. The molecule has 0 unspecified atom stereocenters. The Hall–Kier alpha value is -1.88. The molecule has 3 N–H and O–H groups in total. The fraction of sp³-hybridized carbons (Fsp3) is 0.182. The van der Waals surface area contributed by atoms with Crippen molar-refractivity contribution in [2.24, 2.45) is 0 Å². The first-order valence-electron chi connectivity index (χ1n) is 4.66. The van der Waals surface area contributed by atoms with E-state index in [2.05, 4.69) is 4.98 Å². The highest BCUT2D eigenvalue weighted by Gasteiger charge is 2.10. The zero-order chi connectivity index (χ0) is 11.7. The smallest absolute Gasteiger partial charge is 0.162 e. The summed E-state index contributed by atoms with van der Waals surface area (Å²) in [5.41, 5.74) is 6.68. The Morgan fingerprint density at radius 2 is 1.76 bits per heavy atom. The zero-order valence-corrected chi connectivity index (χ0v) is 10.2. The number of fused-ring (bicyclic) bond motifs is 1. The highest BCUT2D eigenvalue weighted by Crippen LogP contribution is 2.36. The monoisotopic (exact) mass is 256 g/mol. The number of anilines is 1. The molecule has 17 heavy (non-hydrogen) atoms. The van der Waals surface area contributed by atoms with Crippen molar-refractivity contribution in [2.45, 2.75) is 0 Å². The van der Waals surface area contributed by atoms with Gasteiger partial charge in [-0.15, -0.1) is 12.4 Å². The molecule has 0 fully saturated rings. The maximum atomic E-state index is 9.45. The van der Waals surface area contributed by atoms with Crippen LogP contribution in [0.4, 0.5) is 5.69 Å². The van der Waals surface area contributed by atoms with Gasteiger partial charge < -0.3 is 20.3 Å². The van der Waals surface area contributed by atoms with Crippen molar-refractivity contribution in [1.82, 2.24) is 4.98 Å². The maximum absolute atomic E-state index is 9.45. The number of rotatable bonds is 2. The van der Waals surface area contributed by atoms with Gasteiger partial charge in [0.2, 0.25) is 0 Å². The van der Waals surface area contributed by atoms with Crippen LogP contribution in [0.15, 0.2) is 18.3 Å². The molecule has 1 heterocycles. The zero-order valence-electron chi connectivity index (χ0n) is 9.43. The van der Waals surface area contributed by atoms with E-state index in [1.807, 2.05) is 0 Å². The molecule has 0 spiro atoms. The Labute approximate surface area is 105 Å². The fourth-order valence-electron chi connectivity index (χ4n) is 1.53. The highest BCUT2D eigenvalue weighted by molar-refractivity contribution is 5.94. The molecule has 2 rings (SSSR count). The molecule has 1 aromatic heterocycles. The van der Waals surface area contributed by atoms with Crippen molar-refractivity contribution in [3.05, 3.63) is 18.3 Å². The molecule has 0 aliphatic rings. The Bertz CT molecular complexity index is 546. The number of halogens is 1. The molecule has 0 atom stereocenters. The normalized spacial score (nSPS) is 9.76. The first-order chi connectivity index (χ1) is 7.67. The number of aromatic nitrogens is 1. The molecule has 92 valence electrons. The van der Waals surface area contributed by atoms with E-state index < -0.39 is 0 Å². The van der Waals surface area contributed by atoms with Crippen LogP contribution >= 0.6 is 12.4 Å². The summed E-state index contributed by atoms with van der Waals surface area (Å²) in [6, 6.07) is 3.40. The third kappa shape index (κ3) is 2.14. The Morgan fingerprint density at radius 3 is 2.35 bits per heavy atom. The van der Waals surface area contributed by atoms with Crippen molar-refractivity contribution in [3.63, 3.8) is 0 Å². The standard InChI is InChI=1S/C11H12N2O3.ClH/c1-15-9-3-6-7(4-10(9)16-2)13-5-8(14)11(6)12;/h3-5,14H,1-2H3,(H2,12,13);1H. The van der Waals surface area contributed by atoms with Gasteiger partial charge in [0.05, 0.1) is 31.6 Å². The summed E-state index contributed by atoms with van der Waals surface area (Å²) in [6.07, 6.45) is 1.31. The first-order valence-corrected chi connectivity index (χ1v) is 4.66. The summed E-state index contributed by atoms with van der Waals surface area (Å²) in [5.74, 6) is 1.08. The number of methoxy groups -OCH3 is 2. The minimum atomic E-state index is -0.0419. The molecule has 0 aliphatic carbocycles. The molecule has 0 bridgehead atoms. The SMILES string of the molecule is COc1cc2ncc(O)c(N)c2cc1OC.Cl. The van der Waals surface area contributed by atoms with Gasteiger partial charge >= 0.3 is 0 Å². The van der Waals surface area contributed by atoms with Gasteiger partial charge in [-0.05, 0) is 6.07 Å². The van der Waals surface area contributed by atoms with Crippen molar-refractivity contribution in [2.75, 3.05) is 20.0 Å². The van der Waals surface area contributed by atoms with Gasteiger partial charge in [-0.3, -0.25) is 4.98 Å². The van der Waals surface area contributed by atoms with E-state index >= 15 is 0 Å². The fourth-order valence-corrected chi connectivity index (χ4v) is 1.53. The largest absolute Gasteiger partial charge is 0.504 e. The molecule has 0 saturated carbocycles. The third-order valence-electron chi connectivity index (χ3n) is 2.39. The number of nitrogens with zero attached hydrogens (tertiary/aromatic N) is 1. The molecule has 0 amide bonds. The summed E-state index contributed by atoms with van der Waals surface area (Å²) < 4.78 is 10.3. The van der Waals surface area contributed by atoms with E-state index in [1.54, 1.807) is 19.2 Å². The molecule has 0 aliphatic heterocycles. The molecule has 0 saturated heterocycles. The molecule has 0 radical (unpaired) electrons. The van der Waals surface area contributed by atoms with Gasteiger partial charge in [-0.25, -0.2) is 0 Å². The van der Waals surface area contributed by atoms with E-state index in [9.17, 15) is 5.11 Å². The van der Waals surface area contributed by atoms with Gasteiger partial charge in [0, 0.05) is 11.5 Å². The van der Waals surface area contributed by atoms with E-state index in [4.69, 9.17) is 15.2 Å². The maximum Gasteiger partial charge on any atom is 0.162 e. The summed E-state index contributed by atoms with van der Waals surface area (Å²) in [5, 5.41) is 10.1. The van der Waals surface area contributed by atoms with Crippen molar-refractivity contribution in [3.8, 4) is 17.2 Å². The van der Waals surface area contributed by atoms with Gasteiger partial charge in [-0.2, -0.15) is 0 Å². The average Bonchev–Trinajstić information content (AvgIpc) is 2.32. The van der Waals surface area contributed by atoms with Crippen LogP contribution in [0.2, 0.25) is 0 Å². The molecular formula is C11H13ClN2O3. The molecule has 5 nitrogen and oxygen atoms in total. The number of pyridine rings is 1. The number of hydrogen-bond donors (Lipinski definition) is 2.